The van der Waals surface area contributed by atoms with E-state index in [0.717, 1.165) is 12.8 Å². The molecule has 2 aromatic rings. The third-order valence-electron chi connectivity index (χ3n) is 3.82. The monoisotopic (exact) mass is 376 g/mol. The molecule has 140 valence electrons. The van der Waals surface area contributed by atoms with Gasteiger partial charge < -0.3 is 10.1 Å². The summed E-state index contributed by atoms with van der Waals surface area (Å²) in [6.45, 7) is 0.433. The molecule has 7 heteroatoms. The van der Waals surface area contributed by atoms with E-state index in [1.54, 1.807) is 31.4 Å². The van der Waals surface area contributed by atoms with Crippen LogP contribution in [0.3, 0.4) is 0 Å². The lowest BCUT2D eigenvalue weighted by molar-refractivity contribution is 0.0956. The zero-order valence-electron chi connectivity index (χ0n) is 14.8. The number of rotatable bonds is 10. The topological polar surface area (TPSA) is 84.5 Å². The van der Waals surface area contributed by atoms with E-state index < -0.39 is 10.0 Å². The molecule has 0 bridgehead atoms. The second-order valence-electron chi connectivity index (χ2n) is 5.79. The molecule has 0 spiro atoms. The second kappa shape index (κ2) is 9.94. The highest BCUT2D eigenvalue weighted by atomic mass is 32.2. The van der Waals surface area contributed by atoms with Gasteiger partial charge in [0.1, 0.15) is 5.75 Å². The molecule has 0 atom stereocenters. The number of hydrogen-bond donors (Lipinski definition) is 2. The number of aryl methyl sites for hydroxylation is 1. The Hall–Kier alpha value is -2.38. The van der Waals surface area contributed by atoms with Gasteiger partial charge in [-0.15, -0.1) is 0 Å². The van der Waals surface area contributed by atoms with Crippen LogP contribution in [0.25, 0.3) is 0 Å². The predicted octanol–water partition coefficient (Wildman–Crippen LogP) is 1.98. The molecule has 0 aliphatic carbocycles. The van der Waals surface area contributed by atoms with Crippen molar-refractivity contribution in [1.29, 1.82) is 0 Å². The highest BCUT2D eigenvalue weighted by Gasteiger charge is 2.11. The van der Waals surface area contributed by atoms with Gasteiger partial charge in [0.05, 0.1) is 12.9 Å². The number of amides is 1. The predicted molar refractivity (Wildman–Crippen MR) is 102 cm³/mol. The van der Waals surface area contributed by atoms with Gasteiger partial charge in [-0.3, -0.25) is 4.79 Å². The highest BCUT2D eigenvalue weighted by molar-refractivity contribution is 7.89. The maximum absolute atomic E-state index is 12.0. The summed E-state index contributed by atoms with van der Waals surface area (Å²) < 4.78 is 31.5. The van der Waals surface area contributed by atoms with Crippen LogP contribution in [-0.4, -0.2) is 40.3 Å². The van der Waals surface area contributed by atoms with E-state index in [1.165, 1.54) is 5.56 Å². The molecule has 2 aromatic carbocycles. The molecule has 0 fully saturated rings. The van der Waals surface area contributed by atoms with Crippen LogP contribution in [0.2, 0.25) is 0 Å². The molecular formula is C19H24N2O4S. The molecule has 0 radical (unpaired) electrons. The van der Waals surface area contributed by atoms with Crippen molar-refractivity contribution < 1.29 is 17.9 Å². The molecule has 0 heterocycles. The van der Waals surface area contributed by atoms with Crippen molar-refractivity contribution in [1.82, 2.24) is 10.0 Å². The lowest BCUT2D eigenvalue weighted by atomic mass is 10.1. The molecule has 0 unspecified atom stereocenters. The van der Waals surface area contributed by atoms with E-state index in [9.17, 15) is 13.2 Å². The first kappa shape index (κ1) is 19.9. The SMILES string of the molecule is COc1ccc(C(=O)NCCS(=O)(=O)NCCCc2ccccc2)cc1. The number of carbonyl (C=O) groups excluding carboxylic acids is 1. The van der Waals surface area contributed by atoms with Crippen LogP contribution >= 0.6 is 0 Å². The van der Waals surface area contributed by atoms with E-state index in [-0.39, 0.29) is 18.2 Å². The van der Waals surface area contributed by atoms with Gasteiger partial charge in [-0.05, 0) is 42.7 Å². The fraction of sp³-hybridized carbons (Fsp3) is 0.316. The zero-order valence-corrected chi connectivity index (χ0v) is 15.6. The molecule has 0 saturated heterocycles. The van der Waals surface area contributed by atoms with E-state index in [4.69, 9.17) is 4.74 Å². The minimum absolute atomic E-state index is 0.0544. The number of nitrogens with one attached hydrogen (secondary N) is 2. The Bertz CT molecular complexity index is 790. The van der Waals surface area contributed by atoms with Crippen molar-refractivity contribution in [2.24, 2.45) is 0 Å². The Morgan fingerprint density at radius 2 is 1.69 bits per heavy atom. The molecule has 26 heavy (non-hydrogen) atoms. The summed E-state index contributed by atoms with van der Waals surface area (Å²) in [5, 5.41) is 2.61. The van der Waals surface area contributed by atoms with Gasteiger partial charge in [-0.25, -0.2) is 13.1 Å². The van der Waals surface area contributed by atoms with E-state index in [1.807, 2.05) is 30.3 Å². The minimum Gasteiger partial charge on any atom is -0.497 e. The smallest absolute Gasteiger partial charge is 0.251 e. The van der Waals surface area contributed by atoms with Gasteiger partial charge in [0, 0.05) is 18.7 Å². The third kappa shape index (κ3) is 6.85. The summed E-state index contributed by atoms with van der Waals surface area (Å²) >= 11 is 0. The molecule has 6 nitrogen and oxygen atoms in total. The summed E-state index contributed by atoms with van der Waals surface area (Å²) in [7, 11) is -1.86. The molecule has 0 saturated carbocycles. The number of benzene rings is 2. The maximum atomic E-state index is 12.0. The summed E-state index contributed by atoms with van der Waals surface area (Å²) in [4.78, 5) is 12.0. The van der Waals surface area contributed by atoms with E-state index in [2.05, 4.69) is 10.0 Å². The molecular weight excluding hydrogens is 352 g/mol. The maximum Gasteiger partial charge on any atom is 0.251 e. The van der Waals surface area contributed by atoms with Crippen molar-refractivity contribution in [3.63, 3.8) is 0 Å². The van der Waals surface area contributed by atoms with Crippen molar-refractivity contribution in [2.75, 3.05) is 26.0 Å². The van der Waals surface area contributed by atoms with Gasteiger partial charge in [0.15, 0.2) is 0 Å². The van der Waals surface area contributed by atoms with Gasteiger partial charge in [-0.2, -0.15) is 0 Å². The first-order chi connectivity index (χ1) is 12.5. The normalized spacial score (nSPS) is 11.1. The van der Waals surface area contributed by atoms with E-state index >= 15 is 0 Å². The number of sulfonamides is 1. The quantitative estimate of drug-likeness (QED) is 0.621. The zero-order chi connectivity index (χ0) is 18.8. The fourth-order valence-electron chi connectivity index (χ4n) is 2.38. The lowest BCUT2D eigenvalue weighted by Crippen LogP contribution is -2.35. The second-order valence-corrected chi connectivity index (χ2v) is 7.71. The van der Waals surface area contributed by atoms with Crippen molar-refractivity contribution in [2.45, 2.75) is 12.8 Å². The Morgan fingerprint density at radius 3 is 2.35 bits per heavy atom. The minimum atomic E-state index is -3.41. The highest BCUT2D eigenvalue weighted by Crippen LogP contribution is 2.10. The number of methoxy groups -OCH3 is 1. The van der Waals surface area contributed by atoms with Crippen molar-refractivity contribution in [3.05, 3.63) is 65.7 Å². The molecule has 0 aliphatic rings. The van der Waals surface area contributed by atoms with Crippen molar-refractivity contribution >= 4 is 15.9 Å². The first-order valence-electron chi connectivity index (χ1n) is 8.44. The summed E-state index contributed by atoms with van der Waals surface area (Å²) in [5.74, 6) is 0.191. The first-order valence-corrected chi connectivity index (χ1v) is 10.1. The molecule has 2 rings (SSSR count). The Labute approximate surface area is 154 Å². The average molecular weight is 376 g/mol. The van der Waals surface area contributed by atoms with Crippen LogP contribution in [-0.2, 0) is 16.4 Å². The van der Waals surface area contributed by atoms with Crippen LogP contribution in [0, 0.1) is 0 Å². The molecule has 2 N–H and O–H groups in total. The summed E-state index contributed by atoms with van der Waals surface area (Å²) in [5.41, 5.74) is 1.64. The molecule has 0 aromatic heterocycles. The number of carbonyl (C=O) groups is 1. The van der Waals surface area contributed by atoms with Crippen LogP contribution in [0.5, 0.6) is 5.75 Å². The summed E-state index contributed by atoms with van der Waals surface area (Å²) in [6, 6.07) is 16.5. The van der Waals surface area contributed by atoms with Crippen LogP contribution < -0.4 is 14.8 Å². The van der Waals surface area contributed by atoms with E-state index in [0.29, 0.717) is 17.9 Å². The average Bonchev–Trinajstić information content (AvgIpc) is 2.66. The lowest BCUT2D eigenvalue weighted by Gasteiger charge is -2.08. The summed E-state index contributed by atoms with van der Waals surface area (Å²) in [6.07, 6.45) is 1.54. The third-order valence-corrected chi connectivity index (χ3v) is 5.20. The van der Waals surface area contributed by atoms with Crippen LogP contribution in [0.4, 0.5) is 0 Å². The van der Waals surface area contributed by atoms with Gasteiger partial charge >= 0.3 is 0 Å². The number of ether oxygens (including phenoxy) is 1. The van der Waals surface area contributed by atoms with Gasteiger partial charge in [0.2, 0.25) is 10.0 Å². The van der Waals surface area contributed by atoms with Gasteiger partial charge in [-0.1, -0.05) is 30.3 Å². The number of hydrogen-bond acceptors (Lipinski definition) is 4. The Kier molecular flexibility index (Phi) is 7.62. The largest absolute Gasteiger partial charge is 0.497 e. The van der Waals surface area contributed by atoms with Gasteiger partial charge in [0.25, 0.3) is 5.91 Å². The Morgan fingerprint density at radius 1 is 1.00 bits per heavy atom. The standard InChI is InChI=1S/C19H24N2O4S/c1-25-18-11-9-17(10-12-18)19(22)20-14-15-26(23,24)21-13-5-8-16-6-3-2-4-7-16/h2-4,6-7,9-12,21H,5,8,13-15H2,1H3,(H,20,22). The fourth-order valence-corrected chi connectivity index (χ4v) is 3.35. The van der Waals surface area contributed by atoms with Crippen LogP contribution in [0.1, 0.15) is 22.3 Å². The van der Waals surface area contributed by atoms with Crippen LogP contribution in [0.15, 0.2) is 54.6 Å². The Balaban J connectivity index is 1.67. The molecule has 1 amide bonds. The molecule has 0 aliphatic heterocycles. The van der Waals surface area contributed by atoms with Crippen molar-refractivity contribution in [3.8, 4) is 5.75 Å².